The Morgan fingerprint density at radius 2 is 1.28 bits per heavy atom. The fourth-order valence-corrected chi connectivity index (χ4v) is 4.52. The number of hydrogen-bond acceptors (Lipinski definition) is 7. The van der Waals surface area contributed by atoms with Gasteiger partial charge in [-0.05, 0) is 37.5 Å². The van der Waals surface area contributed by atoms with E-state index in [0.717, 1.165) is 16.7 Å². The van der Waals surface area contributed by atoms with Crippen LogP contribution in [0.25, 0.3) is 0 Å². The number of hydrogen-bond donors (Lipinski definition) is 1. The van der Waals surface area contributed by atoms with Crippen LogP contribution in [0.2, 0.25) is 0 Å². The standard InChI is InChI=1S/C32H38O7/c1-31(2,3)39-28(33)19-32(34)30(37-22-26-17-11-6-12-18-26)29(36-21-25-15-9-5-10-16-25)27(38-32)23-35-20-24-13-7-4-8-14-24/h4-18,27,29-30,34H,19-23H2,1-3H3/t27-,29-,30+,32?/m1/s1. The monoisotopic (exact) mass is 534 g/mol. The third-order valence-electron chi connectivity index (χ3n) is 6.23. The van der Waals surface area contributed by atoms with E-state index in [9.17, 15) is 9.90 Å². The first kappa shape index (κ1) is 28.9. The molecular weight excluding hydrogens is 496 g/mol. The third-order valence-corrected chi connectivity index (χ3v) is 6.23. The van der Waals surface area contributed by atoms with Gasteiger partial charge in [0.1, 0.15) is 30.3 Å². The zero-order chi connectivity index (χ0) is 27.7. The Bertz CT molecular complexity index is 1150. The van der Waals surface area contributed by atoms with Gasteiger partial charge in [-0.2, -0.15) is 0 Å². The number of ether oxygens (including phenoxy) is 5. The molecule has 0 amide bonds. The van der Waals surface area contributed by atoms with Crippen molar-refractivity contribution in [3.63, 3.8) is 0 Å². The Kier molecular flexibility index (Phi) is 9.88. The van der Waals surface area contributed by atoms with Gasteiger partial charge in [0.15, 0.2) is 0 Å². The summed E-state index contributed by atoms with van der Waals surface area (Å²) in [6, 6.07) is 29.2. The highest BCUT2D eigenvalue weighted by Crippen LogP contribution is 2.38. The molecule has 0 saturated carbocycles. The predicted octanol–water partition coefficient (Wildman–Crippen LogP) is 5.19. The molecule has 4 rings (SSSR count). The Hall–Kier alpha value is -3.07. The summed E-state index contributed by atoms with van der Waals surface area (Å²) >= 11 is 0. The highest BCUT2D eigenvalue weighted by atomic mass is 16.7. The Labute approximate surface area is 230 Å². The largest absolute Gasteiger partial charge is 0.460 e. The number of rotatable bonds is 12. The minimum atomic E-state index is -1.97. The second-order valence-electron chi connectivity index (χ2n) is 10.7. The predicted molar refractivity (Wildman–Crippen MR) is 146 cm³/mol. The summed E-state index contributed by atoms with van der Waals surface area (Å²) in [5.41, 5.74) is 2.18. The highest BCUT2D eigenvalue weighted by Gasteiger charge is 2.57. The maximum absolute atomic E-state index is 12.8. The van der Waals surface area contributed by atoms with E-state index in [1.807, 2.05) is 91.0 Å². The number of benzene rings is 3. The fraction of sp³-hybridized carbons (Fsp3) is 0.406. The minimum Gasteiger partial charge on any atom is -0.460 e. The fourth-order valence-electron chi connectivity index (χ4n) is 4.52. The molecule has 4 atom stereocenters. The lowest BCUT2D eigenvalue weighted by molar-refractivity contribution is -0.250. The first-order valence-corrected chi connectivity index (χ1v) is 13.3. The topological polar surface area (TPSA) is 83.5 Å². The Balaban J connectivity index is 1.55. The summed E-state index contributed by atoms with van der Waals surface area (Å²) in [6.45, 7) is 6.31. The van der Waals surface area contributed by atoms with Crippen LogP contribution >= 0.6 is 0 Å². The molecule has 1 unspecified atom stereocenters. The van der Waals surface area contributed by atoms with Crippen molar-refractivity contribution in [3.8, 4) is 0 Å². The first-order chi connectivity index (χ1) is 18.7. The van der Waals surface area contributed by atoms with Gasteiger partial charge >= 0.3 is 5.97 Å². The minimum absolute atomic E-state index is 0.135. The van der Waals surface area contributed by atoms with Gasteiger partial charge in [0.2, 0.25) is 5.79 Å². The average Bonchev–Trinajstić information content (AvgIpc) is 3.16. The molecule has 0 spiro atoms. The summed E-state index contributed by atoms with van der Waals surface area (Å²) in [5.74, 6) is -2.56. The lowest BCUT2D eigenvalue weighted by Crippen LogP contribution is -2.48. The average molecular weight is 535 g/mol. The zero-order valence-corrected chi connectivity index (χ0v) is 22.8. The van der Waals surface area contributed by atoms with Crippen LogP contribution in [0.15, 0.2) is 91.0 Å². The van der Waals surface area contributed by atoms with Crippen molar-refractivity contribution in [3.05, 3.63) is 108 Å². The third kappa shape index (κ3) is 8.71. The summed E-state index contributed by atoms with van der Waals surface area (Å²) < 4.78 is 30.3. The van der Waals surface area contributed by atoms with Gasteiger partial charge in [-0.15, -0.1) is 0 Å². The number of carbonyl (C=O) groups excluding carboxylic acids is 1. The van der Waals surface area contributed by atoms with Crippen LogP contribution in [-0.4, -0.2) is 47.4 Å². The summed E-state index contributed by atoms with van der Waals surface area (Å²) in [4.78, 5) is 12.8. The van der Waals surface area contributed by atoms with Crippen molar-refractivity contribution in [1.29, 1.82) is 0 Å². The smallest absolute Gasteiger partial charge is 0.311 e. The van der Waals surface area contributed by atoms with E-state index in [0.29, 0.717) is 6.61 Å². The van der Waals surface area contributed by atoms with Crippen LogP contribution < -0.4 is 0 Å². The summed E-state index contributed by atoms with van der Waals surface area (Å²) in [6.07, 6.45) is -2.79. The van der Waals surface area contributed by atoms with E-state index in [4.69, 9.17) is 23.7 Å². The molecule has 1 heterocycles. The number of esters is 1. The molecule has 1 saturated heterocycles. The molecule has 0 aromatic heterocycles. The van der Waals surface area contributed by atoms with Crippen LogP contribution in [0.4, 0.5) is 0 Å². The van der Waals surface area contributed by atoms with E-state index in [2.05, 4.69) is 0 Å². The maximum atomic E-state index is 12.8. The van der Waals surface area contributed by atoms with Crippen molar-refractivity contribution in [2.24, 2.45) is 0 Å². The molecule has 7 heteroatoms. The van der Waals surface area contributed by atoms with Crippen LogP contribution in [-0.2, 0) is 48.3 Å². The second kappa shape index (κ2) is 13.3. The van der Waals surface area contributed by atoms with Gasteiger partial charge in [-0.1, -0.05) is 91.0 Å². The molecule has 3 aromatic rings. The Morgan fingerprint density at radius 1 is 0.795 bits per heavy atom. The van der Waals surface area contributed by atoms with Gasteiger partial charge in [0, 0.05) is 0 Å². The van der Waals surface area contributed by atoms with Gasteiger partial charge in [-0.3, -0.25) is 4.79 Å². The van der Waals surface area contributed by atoms with E-state index in [1.54, 1.807) is 20.8 Å². The molecule has 0 bridgehead atoms. The molecule has 39 heavy (non-hydrogen) atoms. The second-order valence-corrected chi connectivity index (χ2v) is 10.7. The Morgan fingerprint density at radius 3 is 1.79 bits per heavy atom. The zero-order valence-electron chi connectivity index (χ0n) is 22.8. The van der Waals surface area contributed by atoms with Gasteiger partial charge in [-0.25, -0.2) is 0 Å². The molecule has 7 nitrogen and oxygen atoms in total. The first-order valence-electron chi connectivity index (χ1n) is 13.3. The van der Waals surface area contributed by atoms with Crippen molar-refractivity contribution in [1.82, 2.24) is 0 Å². The van der Waals surface area contributed by atoms with Crippen LogP contribution in [0.1, 0.15) is 43.9 Å². The van der Waals surface area contributed by atoms with Crippen LogP contribution in [0, 0.1) is 0 Å². The van der Waals surface area contributed by atoms with Gasteiger partial charge < -0.3 is 28.8 Å². The van der Waals surface area contributed by atoms with E-state index < -0.39 is 42.1 Å². The molecule has 1 N–H and O–H groups in total. The highest BCUT2D eigenvalue weighted by molar-refractivity contribution is 5.71. The summed E-state index contributed by atoms with van der Waals surface area (Å²) in [7, 11) is 0. The van der Waals surface area contributed by atoms with Gasteiger partial charge in [0.05, 0.1) is 26.4 Å². The summed E-state index contributed by atoms with van der Waals surface area (Å²) in [5, 5.41) is 11.8. The quantitative estimate of drug-likeness (QED) is 0.320. The van der Waals surface area contributed by atoms with E-state index >= 15 is 0 Å². The van der Waals surface area contributed by atoms with Crippen molar-refractivity contribution in [2.75, 3.05) is 6.61 Å². The molecule has 1 fully saturated rings. The lowest BCUT2D eigenvalue weighted by Gasteiger charge is -2.31. The van der Waals surface area contributed by atoms with Crippen molar-refractivity contribution >= 4 is 5.97 Å². The van der Waals surface area contributed by atoms with Crippen LogP contribution in [0.3, 0.4) is 0 Å². The number of carbonyl (C=O) groups is 1. The lowest BCUT2D eigenvalue weighted by atomic mass is 10.0. The normalized spacial score (nSPS) is 23.0. The van der Waals surface area contributed by atoms with Gasteiger partial charge in [0.25, 0.3) is 0 Å². The molecule has 0 radical (unpaired) electrons. The SMILES string of the molecule is CC(C)(C)OC(=O)CC1(O)O[C@H](COCc2ccccc2)[C@@H](OCc2ccccc2)[C@@H]1OCc1ccccc1. The maximum Gasteiger partial charge on any atom is 0.311 e. The molecule has 0 aliphatic carbocycles. The molecule has 1 aliphatic heterocycles. The van der Waals surface area contributed by atoms with E-state index in [-0.39, 0.29) is 19.8 Å². The van der Waals surface area contributed by atoms with Crippen LogP contribution in [0.5, 0.6) is 0 Å². The molecule has 208 valence electrons. The molecule has 1 aliphatic rings. The molecule has 3 aromatic carbocycles. The van der Waals surface area contributed by atoms with Crippen molar-refractivity contribution < 1.29 is 33.6 Å². The molecular formula is C32H38O7. The van der Waals surface area contributed by atoms with Crippen molar-refractivity contribution in [2.45, 2.75) is 76.7 Å². The number of aliphatic hydroxyl groups is 1. The van der Waals surface area contributed by atoms with E-state index in [1.165, 1.54) is 0 Å².